The maximum Gasteiger partial charge on any atom is 0.342 e. The highest BCUT2D eigenvalue weighted by Crippen LogP contribution is 2.40. The summed E-state index contributed by atoms with van der Waals surface area (Å²) < 4.78 is 4.91. The Balaban J connectivity index is 2.08. The van der Waals surface area contributed by atoms with Gasteiger partial charge in [-0.3, -0.25) is 10.1 Å². The van der Waals surface area contributed by atoms with Gasteiger partial charge in [-0.1, -0.05) is 12.1 Å². The van der Waals surface area contributed by atoms with Crippen LogP contribution < -0.4 is 0 Å². The van der Waals surface area contributed by atoms with E-state index in [4.69, 9.17) is 4.74 Å². The van der Waals surface area contributed by atoms with E-state index < -0.39 is 28.7 Å². The number of rotatable bonds is 2. The van der Waals surface area contributed by atoms with Crippen LogP contribution in [0.15, 0.2) is 30.3 Å². The van der Waals surface area contributed by atoms with Crippen molar-refractivity contribution < 1.29 is 24.7 Å². The van der Waals surface area contributed by atoms with E-state index in [2.05, 4.69) is 0 Å². The lowest BCUT2D eigenvalue weighted by atomic mass is 9.82. The zero-order valence-corrected chi connectivity index (χ0v) is 10.2. The summed E-state index contributed by atoms with van der Waals surface area (Å²) in [4.78, 5) is 21.8. The molecule has 0 radical (unpaired) electrons. The summed E-state index contributed by atoms with van der Waals surface area (Å²) >= 11 is 0. The number of nitro benzene ring substituents is 1. The van der Waals surface area contributed by atoms with Crippen molar-refractivity contribution in [3.63, 3.8) is 0 Å². The van der Waals surface area contributed by atoms with Crippen molar-refractivity contribution in [3.05, 3.63) is 46.0 Å². The van der Waals surface area contributed by atoms with Gasteiger partial charge in [-0.15, -0.1) is 0 Å². The van der Waals surface area contributed by atoms with Gasteiger partial charge in [0.05, 0.1) is 4.92 Å². The molecule has 1 saturated heterocycles. The fourth-order valence-electron chi connectivity index (χ4n) is 2.56. The predicted octanol–water partition coefficient (Wildman–Crippen LogP) is 0.399. The molecule has 3 rings (SSSR count). The highest BCUT2D eigenvalue weighted by molar-refractivity contribution is 5.90. The Hall–Kier alpha value is -2.25. The molecule has 0 saturated carbocycles. The van der Waals surface area contributed by atoms with Crippen molar-refractivity contribution in [2.45, 2.75) is 24.2 Å². The lowest BCUT2D eigenvalue weighted by Crippen LogP contribution is -2.37. The zero-order valence-electron chi connectivity index (χ0n) is 10.2. The summed E-state index contributed by atoms with van der Waals surface area (Å²) in [7, 11) is 0. The number of aliphatic hydroxyl groups is 2. The van der Waals surface area contributed by atoms with Gasteiger partial charge in [-0.2, -0.15) is 0 Å². The number of nitro groups is 1. The second-order valence-corrected chi connectivity index (χ2v) is 4.92. The molecule has 3 atom stereocenters. The first-order valence-electron chi connectivity index (χ1n) is 6.00. The first-order valence-corrected chi connectivity index (χ1v) is 6.00. The standard InChI is InChI=1S/C13H11NO6/c15-11-9(5-13(17)6-10(11)20-12(13)16)7-2-1-3-8(4-7)14(18)19/h1-5,10-11,15,17H,6H2/t10-,11-,13+/m1/s1. The van der Waals surface area contributed by atoms with E-state index in [0.29, 0.717) is 5.56 Å². The van der Waals surface area contributed by atoms with Gasteiger partial charge in [0.15, 0.2) is 5.60 Å². The van der Waals surface area contributed by atoms with E-state index in [0.717, 1.165) is 0 Å². The van der Waals surface area contributed by atoms with E-state index in [1.165, 1.54) is 24.3 Å². The van der Waals surface area contributed by atoms with Gasteiger partial charge >= 0.3 is 5.97 Å². The molecule has 2 aliphatic rings. The topological polar surface area (TPSA) is 110 Å². The van der Waals surface area contributed by atoms with Crippen molar-refractivity contribution in [2.75, 3.05) is 0 Å². The van der Waals surface area contributed by atoms with Crippen molar-refractivity contribution in [2.24, 2.45) is 0 Å². The van der Waals surface area contributed by atoms with E-state index in [1.54, 1.807) is 6.07 Å². The molecule has 7 heteroatoms. The minimum Gasteiger partial charge on any atom is -0.457 e. The van der Waals surface area contributed by atoms with Crippen molar-refractivity contribution in [1.82, 2.24) is 0 Å². The molecule has 1 aliphatic carbocycles. The SMILES string of the molecule is O=C1O[C@@H]2C[C@@]1(O)C=C(c1cccc([N+](=O)[O-])c1)[C@H]2O. The average Bonchev–Trinajstić information content (AvgIpc) is 2.67. The van der Waals surface area contributed by atoms with Gasteiger partial charge in [-0.05, 0) is 17.2 Å². The van der Waals surface area contributed by atoms with Crippen molar-refractivity contribution >= 4 is 17.2 Å². The molecule has 1 heterocycles. The normalized spacial score (nSPS) is 31.7. The first-order chi connectivity index (χ1) is 9.40. The molecule has 7 nitrogen and oxygen atoms in total. The molecule has 2 bridgehead atoms. The maximum atomic E-state index is 11.5. The number of fused-ring (bicyclic) bond motifs is 2. The third-order valence-electron chi connectivity index (χ3n) is 3.58. The van der Waals surface area contributed by atoms with Gasteiger partial charge in [-0.25, -0.2) is 4.79 Å². The quantitative estimate of drug-likeness (QED) is 0.460. The van der Waals surface area contributed by atoms with Crippen LogP contribution in [0.4, 0.5) is 5.69 Å². The average molecular weight is 277 g/mol. The van der Waals surface area contributed by atoms with Crippen LogP contribution in [0.5, 0.6) is 0 Å². The number of carbonyl (C=O) groups excluding carboxylic acids is 1. The van der Waals surface area contributed by atoms with Crippen LogP contribution in [-0.2, 0) is 9.53 Å². The lowest BCUT2D eigenvalue weighted by Gasteiger charge is -2.26. The van der Waals surface area contributed by atoms with Crippen molar-refractivity contribution in [3.8, 4) is 0 Å². The molecule has 1 aromatic rings. The number of hydrogen-bond donors (Lipinski definition) is 2. The van der Waals surface area contributed by atoms with E-state index in [9.17, 15) is 25.1 Å². The van der Waals surface area contributed by atoms with Gasteiger partial charge in [0.25, 0.3) is 5.69 Å². The number of nitrogens with zero attached hydrogens (tertiary/aromatic N) is 1. The van der Waals surface area contributed by atoms with E-state index in [1.807, 2.05) is 0 Å². The van der Waals surface area contributed by atoms with Gasteiger partial charge in [0.1, 0.15) is 12.2 Å². The molecule has 20 heavy (non-hydrogen) atoms. The molecular formula is C13H11NO6. The summed E-state index contributed by atoms with van der Waals surface area (Å²) in [6.45, 7) is 0. The zero-order chi connectivity index (χ0) is 14.5. The van der Waals surface area contributed by atoms with Crippen molar-refractivity contribution in [1.29, 1.82) is 0 Å². The Bertz CT molecular complexity index is 640. The molecule has 0 aromatic heterocycles. The number of benzene rings is 1. The summed E-state index contributed by atoms with van der Waals surface area (Å²) in [5.41, 5.74) is -1.25. The molecular weight excluding hydrogens is 266 g/mol. The molecule has 0 amide bonds. The highest BCUT2D eigenvalue weighted by atomic mass is 16.6. The Morgan fingerprint density at radius 2 is 2.20 bits per heavy atom. The van der Waals surface area contributed by atoms with Crippen LogP contribution in [0.2, 0.25) is 0 Å². The van der Waals surface area contributed by atoms with Gasteiger partial charge in [0.2, 0.25) is 0 Å². The first kappa shape index (κ1) is 12.8. The summed E-state index contributed by atoms with van der Waals surface area (Å²) in [6, 6.07) is 5.66. The Kier molecular flexibility index (Phi) is 2.63. The molecule has 0 unspecified atom stereocenters. The minimum atomic E-state index is -1.76. The van der Waals surface area contributed by atoms with Crippen LogP contribution in [-0.4, -0.2) is 38.9 Å². The summed E-state index contributed by atoms with van der Waals surface area (Å²) in [5.74, 6) is -0.804. The number of ether oxygens (including phenoxy) is 1. The Morgan fingerprint density at radius 3 is 2.90 bits per heavy atom. The van der Waals surface area contributed by atoms with Gasteiger partial charge in [0, 0.05) is 18.6 Å². The maximum absolute atomic E-state index is 11.5. The van der Waals surface area contributed by atoms with Crippen LogP contribution in [0.3, 0.4) is 0 Å². The number of hydrogen-bond acceptors (Lipinski definition) is 6. The lowest BCUT2D eigenvalue weighted by molar-refractivity contribution is -0.384. The highest BCUT2D eigenvalue weighted by Gasteiger charge is 2.53. The third-order valence-corrected chi connectivity index (χ3v) is 3.58. The smallest absolute Gasteiger partial charge is 0.342 e. The summed E-state index contributed by atoms with van der Waals surface area (Å²) in [6.07, 6.45) is -0.718. The molecule has 0 spiro atoms. The van der Waals surface area contributed by atoms with Gasteiger partial charge < -0.3 is 14.9 Å². The van der Waals surface area contributed by atoms with Crippen LogP contribution in [0, 0.1) is 10.1 Å². The van der Waals surface area contributed by atoms with Crippen LogP contribution >= 0.6 is 0 Å². The Labute approximate surface area is 113 Å². The molecule has 2 N–H and O–H groups in total. The predicted molar refractivity (Wildman–Crippen MR) is 66.5 cm³/mol. The van der Waals surface area contributed by atoms with E-state index in [-0.39, 0.29) is 17.7 Å². The third kappa shape index (κ3) is 1.79. The second kappa shape index (κ2) is 4.12. The molecule has 1 aliphatic heterocycles. The fourth-order valence-corrected chi connectivity index (χ4v) is 2.56. The monoisotopic (exact) mass is 277 g/mol. The fraction of sp³-hybridized carbons (Fsp3) is 0.308. The van der Waals surface area contributed by atoms with E-state index >= 15 is 0 Å². The summed E-state index contributed by atoms with van der Waals surface area (Å²) in [5, 5.41) is 31.0. The largest absolute Gasteiger partial charge is 0.457 e. The number of carbonyl (C=O) groups is 1. The number of aliphatic hydroxyl groups excluding tert-OH is 1. The minimum absolute atomic E-state index is 0.00851. The van der Waals surface area contributed by atoms with Crippen LogP contribution in [0.1, 0.15) is 12.0 Å². The number of non-ortho nitro benzene ring substituents is 1. The molecule has 1 fully saturated rings. The van der Waals surface area contributed by atoms with Crippen LogP contribution in [0.25, 0.3) is 5.57 Å². The Morgan fingerprint density at radius 1 is 1.45 bits per heavy atom. The molecule has 1 aromatic carbocycles. The number of esters is 1. The second-order valence-electron chi connectivity index (χ2n) is 4.92. The molecule has 104 valence electrons.